The third-order valence-corrected chi connectivity index (χ3v) is 3.67. The van der Waals surface area contributed by atoms with Gasteiger partial charge in [0.05, 0.1) is 18.9 Å². The molecule has 0 spiro atoms. The Labute approximate surface area is 120 Å². The Hall–Kier alpha value is -1.75. The molecule has 0 aliphatic carbocycles. The highest BCUT2D eigenvalue weighted by Crippen LogP contribution is 2.27. The molecule has 3 N–H and O–H groups in total. The zero-order valence-corrected chi connectivity index (χ0v) is 12.2. The van der Waals surface area contributed by atoms with Gasteiger partial charge in [-0.3, -0.25) is 5.41 Å². The summed E-state index contributed by atoms with van der Waals surface area (Å²) in [4.78, 5) is 2.20. The number of rotatable bonds is 6. The van der Waals surface area contributed by atoms with Crippen LogP contribution < -0.4 is 15.4 Å². The monoisotopic (exact) mass is 277 g/mol. The molecule has 1 heterocycles. The Morgan fingerprint density at radius 2 is 2.35 bits per heavy atom. The first-order valence-electron chi connectivity index (χ1n) is 7.04. The summed E-state index contributed by atoms with van der Waals surface area (Å²) >= 11 is 0. The molecule has 0 saturated carbocycles. The maximum absolute atomic E-state index is 7.74. The first-order chi connectivity index (χ1) is 9.65. The molecule has 1 aromatic carbocycles. The predicted octanol–water partition coefficient (Wildman–Crippen LogP) is 1.98. The van der Waals surface area contributed by atoms with Gasteiger partial charge in [0.1, 0.15) is 11.6 Å². The Bertz CT molecular complexity index is 470. The fraction of sp³-hybridized carbons (Fsp3) is 0.533. The molecule has 1 unspecified atom stereocenters. The maximum atomic E-state index is 7.74. The Morgan fingerprint density at radius 1 is 1.55 bits per heavy atom. The minimum absolute atomic E-state index is 0.0773. The average molecular weight is 277 g/mol. The van der Waals surface area contributed by atoms with Crippen molar-refractivity contribution >= 4 is 11.5 Å². The molecular weight excluding hydrogens is 254 g/mol. The van der Waals surface area contributed by atoms with Crippen molar-refractivity contribution in [2.24, 2.45) is 5.73 Å². The third-order valence-electron chi connectivity index (χ3n) is 3.67. The second-order valence-corrected chi connectivity index (χ2v) is 4.97. The average Bonchev–Trinajstić information content (AvgIpc) is 2.97. The molecule has 0 aromatic heterocycles. The van der Waals surface area contributed by atoms with Gasteiger partial charge in [-0.05, 0) is 31.9 Å². The summed E-state index contributed by atoms with van der Waals surface area (Å²) in [5, 5.41) is 7.74. The van der Waals surface area contributed by atoms with Crippen LogP contribution in [-0.4, -0.2) is 38.7 Å². The van der Waals surface area contributed by atoms with E-state index in [1.54, 1.807) is 7.11 Å². The number of likely N-dealkylation sites (N-methyl/N-ethyl adjacent to an activating group) is 1. The number of hydrogen-bond acceptors (Lipinski definition) is 4. The standard InChI is InChI=1S/C15H23N3O2/c1-3-18(10-12-5-4-8-20-12)14-9-11(19-2)6-7-13(14)15(16)17/h6-7,9,12H,3-5,8,10H2,1-2H3,(H3,16,17). The van der Waals surface area contributed by atoms with E-state index in [1.165, 1.54) is 0 Å². The quantitative estimate of drug-likeness (QED) is 0.616. The highest BCUT2D eigenvalue weighted by Gasteiger charge is 2.21. The number of ether oxygens (including phenoxy) is 2. The molecule has 1 saturated heterocycles. The van der Waals surface area contributed by atoms with Crippen LogP contribution in [0.3, 0.4) is 0 Å². The van der Waals surface area contributed by atoms with Crippen LogP contribution in [0.4, 0.5) is 5.69 Å². The molecule has 1 aliphatic rings. The van der Waals surface area contributed by atoms with E-state index in [4.69, 9.17) is 20.6 Å². The fourth-order valence-electron chi connectivity index (χ4n) is 2.56. The first-order valence-corrected chi connectivity index (χ1v) is 7.04. The number of nitrogens with one attached hydrogen (secondary N) is 1. The molecule has 110 valence electrons. The number of nitrogen functional groups attached to an aromatic ring is 1. The van der Waals surface area contributed by atoms with Gasteiger partial charge in [0.25, 0.3) is 0 Å². The smallest absolute Gasteiger partial charge is 0.124 e. The van der Waals surface area contributed by atoms with Crippen LogP contribution >= 0.6 is 0 Å². The zero-order chi connectivity index (χ0) is 14.5. The third kappa shape index (κ3) is 3.22. The van der Waals surface area contributed by atoms with E-state index in [0.717, 1.165) is 49.5 Å². The molecule has 2 rings (SSSR count). The Morgan fingerprint density at radius 3 is 2.90 bits per heavy atom. The minimum atomic E-state index is 0.0773. The molecule has 1 fully saturated rings. The van der Waals surface area contributed by atoms with Gasteiger partial charge in [0.15, 0.2) is 0 Å². The van der Waals surface area contributed by atoms with Gasteiger partial charge in [0.2, 0.25) is 0 Å². The summed E-state index contributed by atoms with van der Waals surface area (Å²) in [6.07, 6.45) is 2.48. The van der Waals surface area contributed by atoms with Crippen LogP contribution in [0.15, 0.2) is 18.2 Å². The summed E-state index contributed by atoms with van der Waals surface area (Å²) in [5.41, 5.74) is 7.37. The van der Waals surface area contributed by atoms with Gasteiger partial charge in [-0.2, -0.15) is 0 Å². The van der Waals surface area contributed by atoms with Crippen molar-refractivity contribution in [2.75, 3.05) is 31.7 Å². The lowest BCUT2D eigenvalue weighted by atomic mass is 10.1. The molecular formula is C15H23N3O2. The van der Waals surface area contributed by atoms with Crippen molar-refractivity contribution in [2.45, 2.75) is 25.9 Å². The number of methoxy groups -OCH3 is 1. The van der Waals surface area contributed by atoms with Crippen LogP contribution in [0, 0.1) is 5.41 Å². The lowest BCUT2D eigenvalue weighted by Crippen LogP contribution is -2.33. The Balaban J connectivity index is 2.27. The number of nitrogens with two attached hydrogens (primary N) is 1. The summed E-state index contributed by atoms with van der Waals surface area (Å²) in [7, 11) is 1.64. The van der Waals surface area contributed by atoms with Crippen molar-refractivity contribution in [1.29, 1.82) is 5.41 Å². The normalized spacial score (nSPS) is 18.0. The van der Waals surface area contributed by atoms with Gasteiger partial charge in [0, 0.05) is 31.3 Å². The van der Waals surface area contributed by atoms with Gasteiger partial charge in [-0.1, -0.05) is 0 Å². The molecule has 1 aromatic rings. The SMILES string of the molecule is CCN(CC1CCCO1)c1cc(OC)ccc1C(=N)N. The number of amidine groups is 1. The summed E-state index contributed by atoms with van der Waals surface area (Å²) in [6, 6.07) is 5.62. The summed E-state index contributed by atoms with van der Waals surface area (Å²) in [6.45, 7) is 4.61. The van der Waals surface area contributed by atoms with Gasteiger partial charge in [-0.25, -0.2) is 0 Å². The maximum Gasteiger partial charge on any atom is 0.124 e. The van der Waals surface area contributed by atoms with E-state index in [9.17, 15) is 0 Å². The largest absolute Gasteiger partial charge is 0.497 e. The lowest BCUT2D eigenvalue weighted by molar-refractivity contribution is 0.115. The predicted molar refractivity (Wildman–Crippen MR) is 80.9 cm³/mol. The fourth-order valence-corrected chi connectivity index (χ4v) is 2.56. The second kappa shape index (κ2) is 6.61. The number of anilines is 1. The van der Waals surface area contributed by atoms with Gasteiger partial charge < -0.3 is 20.1 Å². The van der Waals surface area contributed by atoms with Crippen LogP contribution in [0.25, 0.3) is 0 Å². The van der Waals surface area contributed by atoms with E-state index in [-0.39, 0.29) is 11.9 Å². The number of hydrogen-bond donors (Lipinski definition) is 2. The number of benzene rings is 1. The Kier molecular flexibility index (Phi) is 4.84. The molecule has 0 amide bonds. The van der Waals surface area contributed by atoms with Gasteiger partial charge >= 0.3 is 0 Å². The molecule has 20 heavy (non-hydrogen) atoms. The van der Waals surface area contributed by atoms with Crippen molar-refractivity contribution in [3.8, 4) is 5.75 Å². The van der Waals surface area contributed by atoms with Crippen LogP contribution in [0.5, 0.6) is 5.75 Å². The molecule has 5 heteroatoms. The van der Waals surface area contributed by atoms with E-state index in [2.05, 4.69) is 11.8 Å². The van der Waals surface area contributed by atoms with Crippen LogP contribution in [0.1, 0.15) is 25.3 Å². The van der Waals surface area contributed by atoms with E-state index in [0.29, 0.717) is 0 Å². The molecule has 0 radical (unpaired) electrons. The number of nitrogens with zero attached hydrogens (tertiary/aromatic N) is 1. The summed E-state index contributed by atoms with van der Waals surface area (Å²) < 4.78 is 11.0. The molecule has 1 atom stereocenters. The highest BCUT2D eigenvalue weighted by molar-refractivity contribution is 6.00. The van der Waals surface area contributed by atoms with E-state index in [1.807, 2.05) is 18.2 Å². The molecule has 0 bridgehead atoms. The molecule has 5 nitrogen and oxygen atoms in total. The van der Waals surface area contributed by atoms with Crippen molar-refractivity contribution in [3.63, 3.8) is 0 Å². The van der Waals surface area contributed by atoms with Gasteiger partial charge in [-0.15, -0.1) is 0 Å². The van der Waals surface area contributed by atoms with Crippen molar-refractivity contribution in [3.05, 3.63) is 23.8 Å². The zero-order valence-electron chi connectivity index (χ0n) is 12.2. The van der Waals surface area contributed by atoms with Crippen LogP contribution in [-0.2, 0) is 4.74 Å². The minimum Gasteiger partial charge on any atom is -0.497 e. The topological polar surface area (TPSA) is 71.6 Å². The lowest BCUT2D eigenvalue weighted by Gasteiger charge is -2.28. The van der Waals surface area contributed by atoms with Crippen molar-refractivity contribution < 1.29 is 9.47 Å². The highest BCUT2D eigenvalue weighted by atomic mass is 16.5. The van der Waals surface area contributed by atoms with E-state index >= 15 is 0 Å². The van der Waals surface area contributed by atoms with Crippen LogP contribution in [0.2, 0.25) is 0 Å². The van der Waals surface area contributed by atoms with Crippen molar-refractivity contribution in [1.82, 2.24) is 0 Å². The first kappa shape index (κ1) is 14.7. The second-order valence-electron chi connectivity index (χ2n) is 4.97. The van der Waals surface area contributed by atoms with E-state index < -0.39 is 0 Å². The summed E-state index contributed by atoms with van der Waals surface area (Å²) in [5.74, 6) is 0.851. The molecule has 1 aliphatic heterocycles.